The molecule has 0 aliphatic carbocycles. The fourth-order valence-corrected chi connectivity index (χ4v) is 2.47. The van der Waals surface area contributed by atoms with Crippen LogP contribution in [0.25, 0.3) is 16.7 Å². The van der Waals surface area contributed by atoms with Crippen LogP contribution in [0.5, 0.6) is 5.75 Å². The standard InChI is InChI=1S/C15H8F6N2O2/c16-14(17,18)7-4-5-10-9(6-7)22-13(25)23(10)11-3-1-2-8(12(11)24)15(19,20)21/h1-6,24H,(H,22,25). The molecule has 1 aromatic heterocycles. The van der Waals surface area contributed by atoms with E-state index in [0.29, 0.717) is 22.8 Å². The fourth-order valence-electron chi connectivity index (χ4n) is 2.47. The van der Waals surface area contributed by atoms with Gasteiger partial charge in [-0.3, -0.25) is 4.57 Å². The topological polar surface area (TPSA) is 58.0 Å². The molecule has 132 valence electrons. The van der Waals surface area contributed by atoms with E-state index >= 15 is 0 Å². The number of imidazole rings is 1. The number of hydrogen-bond donors (Lipinski definition) is 2. The molecule has 3 aromatic rings. The average molecular weight is 362 g/mol. The van der Waals surface area contributed by atoms with Crippen molar-refractivity contribution in [2.45, 2.75) is 12.4 Å². The second-order valence-electron chi connectivity index (χ2n) is 5.17. The Morgan fingerprint density at radius 3 is 2.24 bits per heavy atom. The number of para-hydroxylation sites is 1. The summed E-state index contributed by atoms with van der Waals surface area (Å²) in [6.07, 6.45) is -9.51. The maximum Gasteiger partial charge on any atom is 0.420 e. The normalized spacial score (nSPS) is 12.7. The molecule has 10 heteroatoms. The molecule has 3 rings (SSSR count). The molecule has 0 fully saturated rings. The summed E-state index contributed by atoms with van der Waals surface area (Å²) in [6, 6.07) is 4.95. The van der Waals surface area contributed by atoms with E-state index < -0.39 is 40.6 Å². The summed E-state index contributed by atoms with van der Waals surface area (Å²) >= 11 is 0. The molecule has 0 radical (unpaired) electrons. The van der Waals surface area contributed by atoms with Crippen LogP contribution in [0.15, 0.2) is 41.2 Å². The lowest BCUT2D eigenvalue weighted by atomic mass is 10.1. The quantitative estimate of drug-likeness (QED) is 0.642. The zero-order valence-corrected chi connectivity index (χ0v) is 12.0. The monoisotopic (exact) mass is 362 g/mol. The highest BCUT2D eigenvalue weighted by molar-refractivity contribution is 5.79. The minimum atomic E-state index is -4.86. The van der Waals surface area contributed by atoms with Crippen molar-refractivity contribution in [3.8, 4) is 11.4 Å². The molecule has 0 saturated heterocycles. The van der Waals surface area contributed by atoms with Crippen LogP contribution in [-0.4, -0.2) is 14.7 Å². The number of fused-ring (bicyclic) bond motifs is 1. The lowest BCUT2D eigenvalue weighted by Gasteiger charge is -2.13. The van der Waals surface area contributed by atoms with Gasteiger partial charge in [0.1, 0.15) is 0 Å². The Kier molecular flexibility index (Phi) is 3.59. The largest absolute Gasteiger partial charge is 0.505 e. The Morgan fingerprint density at radius 2 is 1.64 bits per heavy atom. The van der Waals surface area contributed by atoms with E-state index in [-0.39, 0.29) is 11.0 Å². The Labute approximate surface area is 134 Å². The number of aromatic hydroxyl groups is 1. The molecule has 0 saturated carbocycles. The predicted octanol–water partition coefficient (Wildman–Crippen LogP) is 4.06. The molecule has 25 heavy (non-hydrogen) atoms. The number of aromatic nitrogens is 2. The van der Waals surface area contributed by atoms with E-state index in [2.05, 4.69) is 4.98 Å². The van der Waals surface area contributed by atoms with Crippen molar-refractivity contribution in [3.05, 3.63) is 58.0 Å². The maximum absolute atomic E-state index is 12.9. The van der Waals surface area contributed by atoms with Crippen molar-refractivity contribution < 1.29 is 31.4 Å². The highest BCUT2D eigenvalue weighted by Crippen LogP contribution is 2.39. The van der Waals surface area contributed by atoms with Crippen molar-refractivity contribution in [1.82, 2.24) is 9.55 Å². The van der Waals surface area contributed by atoms with E-state index in [0.717, 1.165) is 18.2 Å². The van der Waals surface area contributed by atoms with Crippen LogP contribution >= 0.6 is 0 Å². The highest BCUT2D eigenvalue weighted by Gasteiger charge is 2.35. The zero-order valence-electron chi connectivity index (χ0n) is 12.0. The number of benzene rings is 2. The van der Waals surface area contributed by atoms with Gasteiger partial charge in [0.2, 0.25) is 0 Å². The average Bonchev–Trinajstić information content (AvgIpc) is 2.80. The van der Waals surface area contributed by atoms with Crippen molar-refractivity contribution in [1.29, 1.82) is 0 Å². The summed E-state index contributed by atoms with van der Waals surface area (Å²) in [5.74, 6) is -1.20. The Balaban J connectivity index is 2.28. The first kappa shape index (κ1) is 16.9. The van der Waals surface area contributed by atoms with Crippen LogP contribution < -0.4 is 5.69 Å². The van der Waals surface area contributed by atoms with Crippen LogP contribution in [0.4, 0.5) is 26.3 Å². The van der Waals surface area contributed by atoms with Gasteiger partial charge in [0.15, 0.2) is 5.75 Å². The van der Waals surface area contributed by atoms with E-state index in [1.54, 1.807) is 0 Å². The van der Waals surface area contributed by atoms with Crippen molar-refractivity contribution in [2.75, 3.05) is 0 Å². The van der Waals surface area contributed by atoms with E-state index in [9.17, 15) is 36.2 Å². The molecule has 0 aliphatic heterocycles. The number of alkyl halides is 6. The van der Waals surface area contributed by atoms with Gasteiger partial charge in [-0.25, -0.2) is 4.79 Å². The predicted molar refractivity (Wildman–Crippen MR) is 75.6 cm³/mol. The van der Waals surface area contributed by atoms with E-state index in [4.69, 9.17) is 0 Å². The number of halogens is 6. The van der Waals surface area contributed by atoms with Crippen molar-refractivity contribution >= 4 is 11.0 Å². The summed E-state index contributed by atoms with van der Waals surface area (Å²) in [5.41, 5.74) is -4.20. The van der Waals surface area contributed by atoms with Gasteiger partial charge in [-0.2, -0.15) is 26.3 Å². The number of rotatable bonds is 1. The SMILES string of the molecule is O=c1[nH]c2cc(C(F)(F)F)ccc2n1-c1cccc(C(F)(F)F)c1O. The molecule has 2 aromatic carbocycles. The van der Waals surface area contributed by atoms with Gasteiger partial charge in [-0.1, -0.05) is 6.07 Å². The molecule has 1 heterocycles. The number of phenolic OH excluding ortho intramolecular Hbond substituents is 1. The Hall–Kier alpha value is -2.91. The third kappa shape index (κ3) is 2.83. The number of H-pyrrole nitrogens is 1. The Morgan fingerprint density at radius 1 is 0.960 bits per heavy atom. The van der Waals surface area contributed by atoms with Crippen molar-refractivity contribution in [3.63, 3.8) is 0 Å². The number of hydrogen-bond acceptors (Lipinski definition) is 2. The number of aromatic amines is 1. The summed E-state index contributed by atoms with van der Waals surface area (Å²) < 4.78 is 77.5. The van der Waals surface area contributed by atoms with Gasteiger partial charge in [0, 0.05) is 0 Å². The number of nitrogens with zero attached hydrogens (tertiary/aromatic N) is 1. The van der Waals surface area contributed by atoms with Crippen LogP contribution in [0.2, 0.25) is 0 Å². The lowest BCUT2D eigenvalue weighted by molar-refractivity contribution is -0.139. The molecule has 4 nitrogen and oxygen atoms in total. The molecule has 0 spiro atoms. The molecule has 0 amide bonds. The second-order valence-corrected chi connectivity index (χ2v) is 5.17. The molecule has 0 aliphatic rings. The zero-order chi connectivity index (χ0) is 18.6. The summed E-state index contributed by atoms with van der Waals surface area (Å²) in [7, 11) is 0. The lowest BCUT2D eigenvalue weighted by Crippen LogP contribution is -2.16. The van der Waals surface area contributed by atoms with Gasteiger partial charge in [0.05, 0.1) is 27.8 Å². The first-order valence-corrected chi connectivity index (χ1v) is 6.71. The van der Waals surface area contributed by atoms with Gasteiger partial charge in [0.25, 0.3) is 0 Å². The van der Waals surface area contributed by atoms with E-state index in [1.165, 1.54) is 0 Å². The molecular weight excluding hydrogens is 354 g/mol. The first-order chi connectivity index (χ1) is 11.5. The van der Waals surface area contributed by atoms with Crippen LogP contribution in [0.1, 0.15) is 11.1 Å². The summed E-state index contributed by atoms with van der Waals surface area (Å²) in [5, 5.41) is 9.89. The number of phenols is 1. The molecular formula is C15H8F6N2O2. The Bertz CT molecular complexity index is 1010. The highest BCUT2D eigenvalue weighted by atomic mass is 19.4. The minimum absolute atomic E-state index is 0.104. The molecule has 0 atom stereocenters. The van der Waals surface area contributed by atoms with Gasteiger partial charge in [-0.15, -0.1) is 0 Å². The first-order valence-electron chi connectivity index (χ1n) is 6.71. The molecule has 2 N–H and O–H groups in total. The van der Waals surface area contributed by atoms with Crippen LogP contribution in [0.3, 0.4) is 0 Å². The van der Waals surface area contributed by atoms with E-state index in [1.807, 2.05) is 0 Å². The summed E-state index contributed by atoms with van der Waals surface area (Å²) in [4.78, 5) is 14.2. The molecule has 0 bridgehead atoms. The van der Waals surface area contributed by atoms with Crippen LogP contribution in [-0.2, 0) is 12.4 Å². The van der Waals surface area contributed by atoms with Crippen molar-refractivity contribution in [2.24, 2.45) is 0 Å². The van der Waals surface area contributed by atoms with Gasteiger partial charge < -0.3 is 10.1 Å². The fraction of sp³-hybridized carbons (Fsp3) is 0.133. The third-order valence-electron chi connectivity index (χ3n) is 3.57. The van der Waals surface area contributed by atoms with Gasteiger partial charge in [-0.05, 0) is 30.3 Å². The smallest absolute Gasteiger partial charge is 0.420 e. The minimum Gasteiger partial charge on any atom is -0.505 e. The summed E-state index contributed by atoms with van der Waals surface area (Å²) in [6.45, 7) is 0. The number of nitrogens with one attached hydrogen (secondary N) is 1. The third-order valence-corrected chi connectivity index (χ3v) is 3.57. The van der Waals surface area contributed by atoms with Crippen LogP contribution in [0, 0.1) is 0 Å². The maximum atomic E-state index is 12.9. The molecule has 0 unspecified atom stereocenters. The second kappa shape index (κ2) is 5.30. The van der Waals surface area contributed by atoms with Gasteiger partial charge >= 0.3 is 18.0 Å².